The van der Waals surface area contributed by atoms with E-state index < -0.39 is 24.1 Å². The van der Waals surface area contributed by atoms with Gasteiger partial charge in [0.2, 0.25) is 0 Å². The van der Waals surface area contributed by atoms with Crippen LogP contribution in [0.1, 0.15) is 19.4 Å². The number of aliphatic hydroxyl groups is 1. The molecule has 7 heteroatoms. The van der Waals surface area contributed by atoms with Gasteiger partial charge in [0.25, 0.3) is 0 Å². The topological polar surface area (TPSA) is 110 Å². The summed E-state index contributed by atoms with van der Waals surface area (Å²) in [5.74, 6) is -1.39. The number of benzene rings is 1. The number of anilines is 1. The van der Waals surface area contributed by atoms with E-state index in [1.807, 2.05) is 0 Å². The minimum absolute atomic E-state index is 0.0272. The molecular formula is C14H20N2O5. The van der Waals surface area contributed by atoms with Crippen molar-refractivity contribution in [2.75, 3.05) is 18.0 Å². The fourth-order valence-corrected chi connectivity index (χ4v) is 1.73. The van der Waals surface area contributed by atoms with Crippen LogP contribution in [0.4, 0.5) is 10.5 Å². The molecular weight excluding hydrogens is 276 g/mol. The van der Waals surface area contributed by atoms with Crippen LogP contribution in [-0.4, -0.2) is 46.0 Å². The van der Waals surface area contributed by atoms with Crippen molar-refractivity contribution >= 4 is 17.7 Å². The summed E-state index contributed by atoms with van der Waals surface area (Å²) in [4.78, 5) is 24.3. The number of phenols is 1. The van der Waals surface area contributed by atoms with Gasteiger partial charge in [0.1, 0.15) is 5.75 Å². The maximum absolute atomic E-state index is 12.1. The van der Waals surface area contributed by atoms with Crippen molar-refractivity contribution in [2.45, 2.75) is 26.4 Å². The third-order valence-corrected chi connectivity index (χ3v) is 3.09. The number of carboxylic acids is 1. The first-order chi connectivity index (χ1) is 9.69. The highest BCUT2D eigenvalue weighted by molar-refractivity contribution is 5.93. The van der Waals surface area contributed by atoms with Crippen LogP contribution in [-0.2, 0) is 4.79 Å². The molecule has 7 nitrogen and oxygen atoms in total. The predicted octanol–water partition coefficient (Wildman–Crippen LogP) is 1.07. The number of rotatable bonds is 5. The number of hydrogen-bond acceptors (Lipinski definition) is 4. The Balaban J connectivity index is 2.88. The zero-order valence-corrected chi connectivity index (χ0v) is 12.3. The SMILES string of the molecule is CCN(C(=O)NCC(C)(O)C(=O)O)c1cc(O)ccc1C. The molecule has 1 atom stereocenters. The van der Waals surface area contributed by atoms with E-state index >= 15 is 0 Å². The van der Waals surface area contributed by atoms with Crippen molar-refractivity contribution in [3.8, 4) is 5.75 Å². The van der Waals surface area contributed by atoms with Crippen molar-refractivity contribution in [1.29, 1.82) is 0 Å². The molecule has 0 aliphatic heterocycles. The zero-order chi connectivity index (χ0) is 16.2. The maximum atomic E-state index is 12.1. The molecule has 0 aliphatic carbocycles. The van der Waals surface area contributed by atoms with Crippen molar-refractivity contribution < 1.29 is 24.9 Å². The molecule has 21 heavy (non-hydrogen) atoms. The molecule has 4 N–H and O–H groups in total. The number of hydrogen-bond donors (Lipinski definition) is 4. The number of urea groups is 1. The molecule has 0 saturated carbocycles. The molecule has 0 aromatic heterocycles. The lowest BCUT2D eigenvalue weighted by Gasteiger charge is -2.25. The number of aromatic hydroxyl groups is 1. The second-order valence-electron chi connectivity index (χ2n) is 4.95. The van der Waals surface area contributed by atoms with Gasteiger partial charge >= 0.3 is 12.0 Å². The van der Waals surface area contributed by atoms with Crippen molar-refractivity contribution in [3.63, 3.8) is 0 Å². The Bertz CT molecular complexity index is 542. The summed E-state index contributed by atoms with van der Waals surface area (Å²) in [5, 5.41) is 30.3. The van der Waals surface area contributed by atoms with E-state index in [0.29, 0.717) is 12.2 Å². The Hall–Kier alpha value is -2.28. The van der Waals surface area contributed by atoms with E-state index in [1.54, 1.807) is 19.9 Å². The average molecular weight is 296 g/mol. The van der Waals surface area contributed by atoms with Crippen molar-refractivity contribution in [2.24, 2.45) is 0 Å². The second kappa shape index (κ2) is 6.45. The van der Waals surface area contributed by atoms with E-state index in [2.05, 4.69) is 5.32 Å². The number of aliphatic carboxylic acids is 1. The fraction of sp³-hybridized carbons (Fsp3) is 0.429. The lowest BCUT2D eigenvalue weighted by Crippen LogP contribution is -2.50. The summed E-state index contributed by atoms with van der Waals surface area (Å²) in [6.07, 6.45) is 0. The zero-order valence-electron chi connectivity index (χ0n) is 12.3. The van der Waals surface area contributed by atoms with Crippen molar-refractivity contribution in [3.05, 3.63) is 23.8 Å². The van der Waals surface area contributed by atoms with Crippen LogP contribution in [0, 0.1) is 6.92 Å². The van der Waals surface area contributed by atoms with E-state index in [0.717, 1.165) is 12.5 Å². The van der Waals surface area contributed by atoms with Crippen LogP contribution >= 0.6 is 0 Å². The van der Waals surface area contributed by atoms with E-state index in [1.165, 1.54) is 17.0 Å². The van der Waals surface area contributed by atoms with Gasteiger partial charge in [0.05, 0.1) is 12.2 Å². The lowest BCUT2D eigenvalue weighted by atomic mass is 10.1. The monoisotopic (exact) mass is 296 g/mol. The van der Waals surface area contributed by atoms with Crippen LogP contribution < -0.4 is 10.2 Å². The first kappa shape index (κ1) is 16.8. The standard InChI is InChI=1S/C14H20N2O5/c1-4-16(11-7-10(17)6-5-9(11)2)13(20)15-8-14(3,21)12(18)19/h5-7,17,21H,4,8H2,1-3H3,(H,15,20)(H,18,19). The summed E-state index contributed by atoms with van der Waals surface area (Å²) >= 11 is 0. The van der Waals surface area contributed by atoms with Gasteiger partial charge < -0.3 is 20.6 Å². The predicted molar refractivity (Wildman–Crippen MR) is 77.5 cm³/mol. The highest BCUT2D eigenvalue weighted by Crippen LogP contribution is 2.24. The number of aryl methyl sites for hydroxylation is 1. The summed E-state index contributed by atoms with van der Waals surface area (Å²) in [7, 11) is 0. The molecule has 1 aromatic carbocycles. The Labute approximate surface area is 122 Å². The minimum atomic E-state index is -2.04. The van der Waals surface area contributed by atoms with Gasteiger partial charge in [-0.05, 0) is 32.4 Å². The average Bonchev–Trinajstić information content (AvgIpc) is 2.41. The molecule has 0 radical (unpaired) electrons. The molecule has 0 spiro atoms. The highest BCUT2D eigenvalue weighted by Gasteiger charge is 2.31. The van der Waals surface area contributed by atoms with Crippen LogP contribution in [0.3, 0.4) is 0 Å². The number of carboxylic acid groups (broad SMARTS) is 1. The Morgan fingerprint density at radius 1 is 1.38 bits per heavy atom. The number of nitrogens with one attached hydrogen (secondary N) is 1. The smallest absolute Gasteiger partial charge is 0.337 e. The minimum Gasteiger partial charge on any atom is -0.508 e. The Morgan fingerprint density at radius 3 is 2.52 bits per heavy atom. The molecule has 0 saturated heterocycles. The number of carbonyl (C=O) groups excluding carboxylic acids is 1. The first-order valence-corrected chi connectivity index (χ1v) is 6.49. The maximum Gasteiger partial charge on any atom is 0.337 e. The molecule has 0 aliphatic rings. The summed E-state index contributed by atoms with van der Waals surface area (Å²) in [6.45, 7) is 4.54. The highest BCUT2D eigenvalue weighted by atomic mass is 16.4. The number of carbonyl (C=O) groups is 2. The number of nitrogens with zero attached hydrogens (tertiary/aromatic N) is 1. The van der Waals surface area contributed by atoms with E-state index in [-0.39, 0.29) is 5.75 Å². The van der Waals surface area contributed by atoms with Gasteiger partial charge in [-0.2, -0.15) is 0 Å². The normalized spacial score (nSPS) is 13.3. The molecule has 0 fully saturated rings. The van der Waals surface area contributed by atoms with Gasteiger partial charge in [-0.25, -0.2) is 9.59 Å². The molecule has 0 heterocycles. The first-order valence-electron chi connectivity index (χ1n) is 6.49. The second-order valence-corrected chi connectivity index (χ2v) is 4.95. The van der Waals surface area contributed by atoms with Gasteiger partial charge in [-0.15, -0.1) is 0 Å². The molecule has 0 bridgehead atoms. The van der Waals surface area contributed by atoms with Crippen LogP contribution in [0.2, 0.25) is 0 Å². The summed E-state index contributed by atoms with van der Waals surface area (Å²) in [5.41, 5.74) is -0.733. The largest absolute Gasteiger partial charge is 0.508 e. The number of amides is 2. The van der Waals surface area contributed by atoms with Gasteiger partial charge in [-0.3, -0.25) is 4.90 Å². The summed E-state index contributed by atoms with van der Waals surface area (Å²) in [6, 6.07) is 4.09. The Morgan fingerprint density at radius 2 is 2.00 bits per heavy atom. The molecule has 1 unspecified atom stereocenters. The molecule has 1 aromatic rings. The summed E-state index contributed by atoms with van der Waals surface area (Å²) < 4.78 is 0. The fourth-order valence-electron chi connectivity index (χ4n) is 1.73. The van der Waals surface area contributed by atoms with Gasteiger partial charge in [0, 0.05) is 12.6 Å². The molecule has 116 valence electrons. The van der Waals surface area contributed by atoms with Gasteiger partial charge in [-0.1, -0.05) is 6.07 Å². The lowest BCUT2D eigenvalue weighted by molar-refractivity contribution is -0.155. The van der Waals surface area contributed by atoms with Crippen LogP contribution in [0.25, 0.3) is 0 Å². The number of phenolic OH excluding ortho intramolecular Hbond substituents is 1. The van der Waals surface area contributed by atoms with E-state index in [9.17, 15) is 19.8 Å². The Kier molecular flexibility index (Phi) is 5.15. The van der Waals surface area contributed by atoms with Crippen LogP contribution in [0.15, 0.2) is 18.2 Å². The molecule has 1 rings (SSSR count). The van der Waals surface area contributed by atoms with Gasteiger partial charge in [0.15, 0.2) is 5.60 Å². The quantitative estimate of drug-likeness (QED) is 0.649. The van der Waals surface area contributed by atoms with E-state index in [4.69, 9.17) is 5.11 Å². The van der Waals surface area contributed by atoms with Crippen LogP contribution in [0.5, 0.6) is 5.75 Å². The van der Waals surface area contributed by atoms with Crippen molar-refractivity contribution in [1.82, 2.24) is 5.32 Å². The third-order valence-electron chi connectivity index (χ3n) is 3.09. The molecule has 2 amide bonds. The third kappa shape index (κ3) is 4.09.